The average molecular weight is 273 g/mol. The molecule has 3 heteroatoms. The number of hydrogen-bond donors (Lipinski definition) is 0. The van der Waals surface area contributed by atoms with Crippen LogP contribution in [0.5, 0.6) is 0 Å². The van der Waals surface area contributed by atoms with Gasteiger partial charge in [-0.05, 0) is 33.1 Å². The molecule has 19 heavy (non-hydrogen) atoms. The minimum Gasteiger partial charge on any atom is -0.363 e. The summed E-state index contributed by atoms with van der Waals surface area (Å²) in [6, 6.07) is 0. The highest BCUT2D eigenvalue weighted by Crippen LogP contribution is 2.11. The van der Waals surface area contributed by atoms with Crippen molar-refractivity contribution in [2.75, 3.05) is 19.8 Å². The Morgan fingerprint density at radius 2 is 1.16 bits per heavy atom. The molecule has 116 valence electrons. The van der Waals surface area contributed by atoms with Crippen molar-refractivity contribution in [1.82, 2.24) is 4.90 Å². The standard InChI is InChI=1S/C16H35NO2/c1-6-9-12-17(15(4)18-13-10-7-2)16(5)19-14-11-8-3/h15-16H,6-14H2,1-5H3. The van der Waals surface area contributed by atoms with Gasteiger partial charge in [0.05, 0.1) is 0 Å². The van der Waals surface area contributed by atoms with Crippen LogP contribution in [0.3, 0.4) is 0 Å². The van der Waals surface area contributed by atoms with Crippen molar-refractivity contribution in [2.24, 2.45) is 0 Å². The quantitative estimate of drug-likeness (QED) is 0.366. The second-order valence-corrected chi connectivity index (χ2v) is 5.24. The second kappa shape index (κ2) is 12.9. The number of nitrogens with zero attached hydrogens (tertiary/aromatic N) is 1. The fourth-order valence-electron chi connectivity index (χ4n) is 1.99. The Morgan fingerprint density at radius 3 is 1.53 bits per heavy atom. The van der Waals surface area contributed by atoms with Crippen molar-refractivity contribution >= 4 is 0 Å². The number of unbranched alkanes of at least 4 members (excludes halogenated alkanes) is 3. The number of hydrogen-bond acceptors (Lipinski definition) is 3. The molecule has 0 saturated carbocycles. The third-order valence-electron chi connectivity index (χ3n) is 3.42. The number of rotatable bonds is 13. The molecule has 0 fully saturated rings. The predicted octanol–water partition coefficient (Wildman–Crippen LogP) is 4.41. The molecular weight excluding hydrogens is 238 g/mol. The molecule has 0 aliphatic carbocycles. The molecule has 0 radical (unpaired) electrons. The first-order valence-electron chi connectivity index (χ1n) is 8.16. The van der Waals surface area contributed by atoms with Crippen molar-refractivity contribution < 1.29 is 9.47 Å². The summed E-state index contributed by atoms with van der Waals surface area (Å²) in [7, 11) is 0. The van der Waals surface area contributed by atoms with Crippen LogP contribution in [0.1, 0.15) is 73.1 Å². The van der Waals surface area contributed by atoms with Crippen molar-refractivity contribution in [3.8, 4) is 0 Å². The van der Waals surface area contributed by atoms with Gasteiger partial charge in [-0.25, -0.2) is 0 Å². The summed E-state index contributed by atoms with van der Waals surface area (Å²) >= 11 is 0. The van der Waals surface area contributed by atoms with Gasteiger partial charge in [0.15, 0.2) is 0 Å². The van der Waals surface area contributed by atoms with Crippen LogP contribution in [0.25, 0.3) is 0 Å². The lowest BCUT2D eigenvalue weighted by Gasteiger charge is -2.34. The molecule has 0 bridgehead atoms. The van der Waals surface area contributed by atoms with E-state index in [1.54, 1.807) is 0 Å². The van der Waals surface area contributed by atoms with Crippen molar-refractivity contribution in [1.29, 1.82) is 0 Å². The van der Waals surface area contributed by atoms with E-state index >= 15 is 0 Å². The smallest absolute Gasteiger partial charge is 0.109 e. The van der Waals surface area contributed by atoms with E-state index in [0.717, 1.165) is 32.6 Å². The van der Waals surface area contributed by atoms with Crippen LogP contribution >= 0.6 is 0 Å². The van der Waals surface area contributed by atoms with Crippen LogP contribution in [0.2, 0.25) is 0 Å². The van der Waals surface area contributed by atoms with E-state index in [9.17, 15) is 0 Å². The molecule has 0 heterocycles. The van der Waals surface area contributed by atoms with Gasteiger partial charge in [-0.1, -0.05) is 40.0 Å². The summed E-state index contributed by atoms with van der Waals surface area (Å²) in [5.41, 5.74) is 0. The van der Waals surface area contributed by atoms with Crippen LogP contribution in [0, 0.1) is 0 Å². The lowest BCUT2D eigenvalue weighted by molar-refractivity contribution is -0.141. The summed E-state index contributed by atoms with van der Waals surface area (Å²) in [5.74, 6) is 0. The largest absolute Gasteiger partial charge is 0.363 e. The Bertz CT molecular complexity index is 172. The topological polar surface area (TPSA) is 21.7 Å². The highest BCUT2D eigenvalue weighted by Gasteiger charge is 2.20. The van der Waals surface area contributed by atoms with Crippen molar-refractivity contribution in [3.05, 3.63) is 0 Å². The molecular formula is C16H35NO2. The fraction of sp³-hybridized carbons (Fsp3) is 1.00. The predicted molar refractivity (Wildman–Crippen MR) is 82.3 cm³/mol. The van der Waals surface area contributed by atoms with Crippen molar-refractivity contribution in [3.63, 3.8) is 0 Å². The minimum absolute atomic E-state index is 0.148. The summed E-state index contributed by atoms with van der Waals surface area (Å²) < 4.78 is 11.8. The zero-order valence-corrected chi connectivity index (χ0v) is 13.8. The van der Waals surface area contributed by atoms with Crippen LogP contribution in [0.4, 0.5) is 0 Å². The Kier molecular flexibility index (Phi) is 12.8. The average Bonchev–Trinajstić information content (AvgIpc) is 2.40. The molecule has 0 aromatic carbocycles. The van der Waals surface area contributed by atoms with Crippen LogP contribution < -0.4 is 0 Å². The summed E-state index contributed by atoms with van der Waals surface area (Å²) in [6.07, 6.45) is 7.34. The molecule has 0 aliphatic heterocycles. The number of ether oxygens (including phenoxy) is 2. The van der Waals surface area contributed by atoms with Crippen LogP contribution in [-0.2, 0) is 9.47 Å². The molecule has 0 rings (SSSR count). The van der Waals surface area contributed by atoms with Gasteiger partial charge in [-0.15, -0.1) is 0 Å². The molecule has 2 unspecified atom stereocenters. The van der Waals surface area contributed by atoms with Gasteiger partial charge in [0.2, 0.25) is 0 Å². The van der Waals surface area contributed by atoms with Gasteiger partial charge in [0.25, 0.3) is 0 Å². The summed E-state index contributed by atoms with van der Waals surface area (Å²) in [6.45, 7) is 13.7. The van der Waals surface area contributed by atoms with Gasteiger partial charge in [-0.3, -0.25) is 4.90 Å². The van der Waals surface area contributed by atoms with Gasteiger partial charge < -0.3 is 9.47 Å². The Hall–Kier alpha value is -0.120. The first kappa shape index (κ1) is 18.9. The van der Waals surface area contributed by atoms with E-state index in [-0.39, 0.29) is 12.5 Å². The first-order valence-corrected chi connectivity index (χ1v) is 8.16. The molecule has 3 nitrogen and oxygen atoms in total. The monoisotopic (exact) mass is 273 g/mol. The fourth-order valence-corrected chi connectivity index (χ4v) is 1.99. The Balaban J connectivity index is 4.16. The van der Waals surface area contributed by atoms with E-state index < -0.39 is 0 Å². The van der Waals surface area contributed by atoms with Gasteiger partial charge in [-0.2, -0.15) is 0 Å². The zero-order valence-electron chi connectivity index (χ0n) is 13.8. The van der Waals surface area contributed by atoms with E-state index in [1.807, 2.05) is 0 Å². The Morgan fingerprint density at radius 1 is 0.737 bits per heavy atom. The third kappa shape index (κ3) is 9.42. The maximum atomic E-state index is 5.91. The maximum Gasteiger partial charge on any atom is 0.109 e. The first-order chi connectivity index (χ1) is 9.17. The van der Waals surface area contributed by atoms with Gasteiger partial charge in [0.1, 0.15) is 12.5 Å². The summed E-state index contributed by atoms with van der Waals surface area (Å²) in [4.78, 5) is 2.34. The molecule has 0 amide bonds. The lowest BCUT2D eigenvalue weighted by atomic mass is 10.3. The molecule has 0 aromatic rings. The molecule has 0 spiro atoms. The second-order valence-electron chi connectivity index (χ2n) is 5.24. The van der Waals surface area contributed by atoms with E-state index in [1.165, 1.54) is 25.7 Å². The van der Waals surface area contributed by atoms with E-state index in [2.05, 4.69) is 39.5 Å². The summed E-state index contributed by atoms with van der Waals surface area (Å²) in [5, 5.41) is 0. The highest BCUT2D eigenvalue weighted by molar-refractivity contribution is 4.62. The SMILES string of the molecule is CCCCOC(C)N(CCCC)C(C)OCCCC. The van der Waals surface area contributed by atoms with E-state index in [0.29, 0.717) is 0 Å². The van der Waals surface area contributed by atoms with Crippen molar-refractivity contribution in [2.45, 2.75) is 85.6 Å². The molecule has 0 saturated heterocycles. The lowest BCUT2D eigenvalue weighted by Crippen LogP contribution is -2.44. The molecule has 2 atom stereocenters. The molecule has 0 N–H and O–H groups in total. The highest BCUT2D eigenvalue weighted by atomic mass is 16.5. The molecule has 0 aromatic heterocycles. The van der Waals surface area contributed by atoms with Gasteiger partial charge >= 0.3 is 0 Å². The molecule has 0 aliphatic rings. The Labute approximate surface area is 120 Å². The van der Waals surface area contributed by atoms with E-state index in [4.69, 9.17) is 9.47 Å². The van der Waals surface area contributed by atoms with Crippen LogP contribution in [0.15, 0.2) is 0 Å². The normalized spacial score (nSPS) is 14.8. The zero-order chi connectivity index (χ0) is 14.5. The maximum absolute atomic E-state index is 5.91. The minimum atomic E-state index is 0.148. The van der Waals surface area contributed by atoms with Gasteiger partial charge in [0, 0.05) is 19.8 Å². The third-order valence-corrected chi connectivity index (χ3v) is 3.42. The van der Waals surface area contributed by atoms with Crippen LogP contribution in [-0.4, -0.2) is 37.1 Å².